The van der Waals surface area contributed by atoms with Crippen LogP contribution in [0, 0.1) is 0 Å². The quantitative estimate of drug-likeness (QED) is 0.930. The summed E-state index contributed by atoms with van der Waals surface area (Å²) in [4.78, 5) is 0. The van der Waals surface area contributed by atoms with Crippen molar-refractivity contribution in [1.82, 2.24) is 5.16 Å². The third kappa shape index (κ3) is 2.50. The Morgan fingerprint density at radius 2 is 2.07 bits per heavy atom. The van der Waals surface area contributed by atoms with E-state index in [0.717, 1.165) is 10.2 Å². The van der Waals surface area contributed by atoms with Gasteiger partial charge >= 0.3 is 0 Å². The third-order valence-electron chi connectivity index (χ3n) is 1.86. The lowest BCUT2D eigenvalue weighted by molar-refractivity contribution is 0.250. The first-order valence-electron chi connectivity index (χ1n) is 4.33. The van der Waals surface area contributed by atoms with Gasteiger partial charge in [-0.25, -0.2) is 0 Å². The second-order valence-electron chi connectivity index (χ2n) is 2.95. The van der Waals surface area contributed by atoms with E-state index < -0.39 is 0 Å². The molecule has 0 bridgehead atoms. The minimum atomic E-state index is 0.285. The van der Waals surface area contributed by atoms with Gasteiger partial charge in [-0.1, -0.05) is 21.1 Å². The molecule has 0 saturated heterocycles. The van der Waals surface area contributed by atoms with Gasteiger partial charge in [0.15, 0.2) is 12.4 Å². The van der Waals surface area contributed by atoms with Crippen LogP contribution < -0.4 is 10.5 Å². The molecule has 0 fully saturated rings. The van der Waals surface area contributed by atoms with Gasteiger partial charge in [0.05, 0.1) is 11.9 Å². The second-order valence-corrected chi connectivity index (χ2v) is 3.86. The molecule has 0 unspecified atom stereocenters. The lowest BCUT2D eigenvalue weighted by Crippen LogP contribution is -1.97. The number of nitrogens with zero attached hydrogens (tertiary/aromatic N) is 1. The van der Waals surface area contributed by atoms with Crippen molar-refractivity contribution in [2.45, 2.75) is 6.61 Å². The average Bonchev–Trinajstić information content (AvgIpc) is 2.63. The average molecular weight is 269 g/mol. The normalized spacial score (nSPS) is 10.2. The Kier molecular flexibility index (Phi) is 2.91. The molecule has 2 rings (SSSR count). The maximum Gasteiger partial charge on any atom is 0.196 e. The van der Waals surface area contributed by atoms with E-state index in [-0.39, 0.29) is 6.61 Å². The highest BCUT2D eigenvalue weighted by molar-refractivity contribution is 9.10. The number of anilines is 1. The van der Waals surface area contributed by atoms with Crippen LogP contribution in [-0.2, 0) is 6.61 Å². The standard InChI is InChI=1S/C10H9BrN2O2/c11-7-1-3-8(4-2-7)14-6-10-9(12)5-13-15-10/h1-5H,6,12H2. The molecule has 2 aromatic rings. The fourth-order valence-corrected chi connectivity index (χ4v) is 1.33. The molecule has 0 aliphatic heterocycles. The van der Waals surface area contributed by atoms with Crippen molar-refractivity contribution in [2.24, 2.45) is 0 Å². The molecule has 1 heterocycles. The molecular weight excluding hydrogens is 260 g/mol. The minimum Gasteiger partial charge on any atom is -0.485 e. The molecular formula is C10H9BrN2O2. The number of rotatable bonds is 3. The summed E-state index contributed by atoms with van der Waals surface area (Å²) in [6.45, 7) is 0.285. The Hall–Kier alpha value is -1.49. The third-order valence-corrected chi connectivity index (χ3v) is 2.39. The van der Waals surface area contributed by atoms with Gasteiger partial charge in [0.1, 0.15) is 5.75 Å². The maximum atomic E-state index is 5.59. The number of ether oxygens (including phenoxy) is 1. The van der Waals surface area contributed by atoms with Crippen molar-refractivity contribution in [2.75, 3.05) is 5.73 Å². The molecule has 0 aliphatic carbocycles. The summed E-state index contributed by atoms with van der Waals surface area (Å²) in [6.07, 6.45) is 1.46. The summed E-state index contributed by atoms with van der Waals surface area (Å²) in [7, 11) is 0. The first-order chi connectivity index (χ1) is 7.25. The molecule has 0 amide bonds. The first-order valence-corrected chi connectivity index (χ1v) is 5.12. The summed E-state index contributed by atoms with van der Waals surface area (Å²) in [5.41, 5.74) is 6.09. The number of nitrogen functional groups attached to an aromatic ring is 1. The lowest BCUT2D eigenvalue weighted by Gasteiger charge is -2.03. The predicted molar refractivity (Wildman–Crippen MR) is 59.4 cm³/mol. The Morgan fingerprint density at radius 1 is 1.33 bits per heavy atom. The fraction of sp³-hybridized carbons (Fsp3) is 0.100. The molecule has 0 saturated carbocycles. The Bertz CT molecular complexity index is 439. The maximum absolute atomic E-state index is 5.59. The zero-order valence-electron chi connectivity index (χ0n) is 7.81. The van der Waals surface area contributed by atoms with Crippen LogP contribution in [0.2, 0.25) is 0 Å². The highest BCUT2D eigenvalue weighted by Crippen LogP contribution is 2.18. The summed E-state index contributed by atoms with van der Waals surface area (Å²) < 4.78 is 11.4. The summed E-state index contributed by atoms with van der Waals surface area (Å²) in [5, 5.41) is 3.56. The van der Waals surface area contributed by atoms with Crippen molar-refractivity contribution in [3.8, 4) is 5.75 Å². The smallest absolute Gasteiger partial charge is 0.196 e. The molecule has 5 heteroatoms. The molecule has 2 N–H and O–H groups in total. The molecule has 1 aromatic heterocycles. The van der Waals surface area contributed by atoms with Gasteiger partial charge in [-0.15, -0.1) is 0 Å². The van der Waals surface area contributed by atoms with E-state index in [1.165, 1.54) is 6.20 Å². The molecule has 4 nitrogen and oxygen atoms in total. The Morgan fingerprint density at radius 3 is 2.67 bits per heavy atom. The fourth-order valence-electron chi connectivity index (χ4n) is 1.06. The van der Waals surface area contributed by atoms with Gasteiger partial charge in [-0.05, 0) is 24.3 Å². The van der Waals surface area contributed by atoms with Crippen LogP contribution in [0.3, 0.4) is 0 Å². The monoisotopic (exact) mass is 268 g/mol. The Balaban J connectivity index is 1.99. The van der Waals surface area contributed by atoms with Crippen LogP contribution >= 0.6 is 15.9 Å². The van der Waals surface area contributed by atoms with Gasteiger partial charge in [-0.3, -0.25) is 0 Å². The van der Waals surface area contributed by atoms with E-state index in [1.807, 2.05) is 24.3 Å². The van der Waals surface area contributed by atoms with Crippen molar-refractivity contribution >= 4 is 21.6 Å². The summed E-state index contributed by atoms with van der Waals surface area (Å²) >= 11 is 3.34. The highest BCUT2D eigenvalue weighted by atomic mass is 79.9. The van der Waals surface area contributed by atoms with E-state index in [9.17, 15) is 0 Å². The Labute approximate surface area is 95.1 Å². The number of hydrogen-bond acceptors (Lipinski definition) is 4. The number of hydrogen-bond donors (Lipinski definition) is 1. The largest absolute Gasteiger partial charge is 0.485 e. The van der Waals surface area contributed by atoms with Crippen LogP contribution in [0.25, 0.3) is 0 Å². The second kappa shape index (κ2) is 4.35. The van der Waals surface area contributed by atoms with E-state index in [1.54, 1.807) is 0 Å². The number of aromatic nitrogens is 1. The van der Waals surface area contributed by atoms with E-state index in [4.69, 9.17) is 15.0 Å². The molecule has 1 aromatic carbocycles. The van der Waals surface area contributed by atoms with Crippen LogP contribution in [-0.4, -0.2) is 5.16 Å². The van der Waals surface area contributed by atoms with Crippen molar-refractivity contribution < 1.29 is 9.26 Å². The highest BCUT2D eigenvalue weighted by Gasteiger charge is 2.04. The molecule has 15 heavy (non-hydrogen) atoms. The van der Waals surface area contributed by atoms with Crippen LogP contribution in [0.15, 0.2) is 39.5 Å². The van der Waals surface area contributed by atoms with Crippen LogP contribution in [0.4, 0.5) is 5.69 Å². The van der Waals surface area contributed by atoms with Gasteiger partial charge in [0.2, 0.25) is 0 Å². The van der Waals surface area contributed by atoms with Crippen molar-refractivity contribution in [3.63, 3.8) is 0 Å². The van der Waals surface area contributed by atoms with Crippen molar-refractivity contribution in [1.29, 1.82) is 0 Å². The van der Waals surface area contributed by atoms with E-state index >= 15 is 0 Å². The van der Waals surface area contributed by atoms with Crippen LogP contribution in [0.1, 0.15) is 5.76 Å². The number of benzene rings is 1. The van der Waals surface area contributed by atoms with Crippen LogP contribution in [0.5, 0.6) is 5.75 Å². The predicted octanol–water partition coefficient (Wildman–Crippen LogP) is 2.60. The zero-order valence-corrected chi connectivity index (χ0v) is 9.40. The first kappa shape index (κ1) is 10.0. The molecule has 0 atom stereocenters. The van der Waals surface area contributed by atoms with Gasteiger partial charge in [0, 0.05) is 4.47 Å². The van der Waals surface area contributed by atoms with Gasteiger partial charge in [-0.2, -0.15) is 0 Å². The summed E-state index contributed by atoms with van der Waals surface area (Å²) in [6, 6.07) is 7.52. The SMILES string of the molecule is Nc1cnoc1COc1ccc(Br)cc1. The molecule has 0 spiro atoms. The zero-order chi connectivity index (χ0) is 10.7. The number of halogens is 1. The van der Waals surface area contributed by atoms with E-state index in [2.05, 4.69) is 21.1 Å². The lowest BCUT2D eigenvalue weighted by atomic mass is 10.3. The van der Waals surface area contributed by atoms with Gasteiger partial charge < -0.3 is 15.0 Å². The van der Waals surface area contributed by atoms with E-state index in [0.29, 0.717) is 11.4 Å². The minimum absolute atomic E-state index is 0.285. The molecule has 0 aliphatic rings. The number of nitrogens with two attached hydrogens (primary N) is 1. The van der Waals surface area contributed by atoms with Crippen molar-refractivity contribution in [3.05, 3.63) is 40.7 Å². The summed E-state index contributed by atoms with van der Waals surface area (Å²) in [5.74, 6) is 1.30. The topological polar surface area (TPSA) is 61.3 Å². The molecule has 78 valence electrons. The van der Waals surface area contributed by atoms with Gasteiger partial charge in [0.25, 0.3) is 0 Å². The molecule has 0 radical (unpaired) electrons.